The van der Waals surface area contributed by atoms with E-state index >= 15 is 0 Å². The molecule has 3 nitrogen and oxygen atoms in total. The molecule has 0 amide bonds. The smallest absolute Gasteiger partial charge is 0.160 e. The Hall–Kier alpha value is -1.78. The number of hydrogen-bond donors (Lipinski definition) is 1. The molecule has 112 valence electrons. The number of methoxy groups -OCH3 is 2. The largest absolute Gasteiger partial charge is 0.493 e. The predicted octanol–water partition coefficient (Wildman–Crippen LogP) is 3.77. The maximum absolute atomic E-state index is 13.8. The molecule has 2 aromatic carbocycles. The molecule has 0 saturated heterocycles. The SMILES string of the molecule is COc1ccc(CC(O)c2c(F)cccc2Cl)cc1OC. The van der Waals surface area contributed by atoms with Gasteiger partial charge in [-0.1, -0.05) is 23.7 Å². The van der Waals surface area contributed by atoms with Gasteiger partial charge in [-0.15, -0.1) is 0 Å². The van der Waals surface area contributed by atoms with Crippen LogP contribution in [-0.2, 0) is 6.42 Å². The first kappa shape index (κ1) is 15.6. The first-order valence-corrected chi connectivity index (χ1v) is 6.77. The van der Waals surface area contributed by atoms with Crippen molar-refractivity contribution in [3.05, 3.63) is 58.4 Å². The summed E-state index contributed by atoms with van der Waals surface area (Å²) in [7, 11) is 3.08. The minimum absolute atomic E-state index is 0.106. The van der Waals surface area contributed by atoms with Crippen molar-refractivity contribution in [1.82, 2.24) is 0 Å². The standard InChI is InChI=1S/C16H16ClFO3/c1-20-14-7-6-10(9-15(14)21-2)8-13(19)16-11(17)4-3-5-12(16)18/h3-7,9,13,19H,8H2,1-2H3. The van der Waals surface area contributed by atoms with Gasteiger partial charge in [0.1, 0.15) is 5.82 Å². The summed E-state index contributed by atoms with van der Waals surface area (Å²) in [5, 5.41) is 10.4. The van der Waals surface area contributed by atoms with E-state index in [0.717, 1.165) is 5.56 Å². The van der Waals surface area contributed by atoms with Crippen molar-refractivity contribution in [2.45, 2.75) is 12.5 Å². The van der Waals surface area contributed by atoms with E-state index in [4.69, 9.17) is 21.1 Å². The lowest BCUT2D eigenvalue weighted by Gasteiger charge is -2.15. The Kier molecular flexibility index (Phi) is 5.04. The highest BCUT2D eigenvalue weighted by Gasteiger charge is 2.17. The molecule has 2 aromatic rings. The maximum atomic E-state index is 13.8. The van der Waals surface area contributed by atoms with Crippen LogP contribution in [0.4, 0.5) is 4.39 Å². The molecule has 0 aliphatic rings. The first-order chi connectivity index (χ1) is 10.1. The Balaban J connectivity index is 2.25. The van der Waals surface area contributed by atoms with E-state index in [1.54, 1.807) is 31.4 Å². The van der Waals surface area contributed by atoms with Crippen molar-refractivity contribution < 1.29 is 19.0 Å². The molecule has 1 atom stereocenters. The molecule has 1 unspecified atom stereocenters. The molecule has 1 N–H and O–H groups in total. The molecular weight excluding hydrogens is 295 g/mol. The molecule has 5 heteroatoms. The van der Waals surface area contributed by atoms with Gasteiger partial charge in [0.15, 0.2) is 11.5 Å². The molecule has 0 aromatic heterocycles. The van der Waals surface area contributed by atoms with Gasteiger partial charge in [0.25, 0.3) is 0 Å². The van der Waals surface area contributed by atoms with Crippen LogP contribution in [0.1, 0.15) is 17.2 Å². The zero-order valence-electron chi connectivity index (χ0n) is 11.8. The van der Waals surface area contributed by atoms with E-state index in [1.165, 1.54) is 19.2 Å². The minimum Gasteiger partial charge on any atom is -0.493 e. The third-order valence-corrected chi connectivity index (χ3v) is 3.54. The quantitative estimate of drug-likeness (QED) is 0.913. The third kappa shape index (κ3) is 3.46. The molecule has 0 aliphatic heterocycles. The monoisotopic (exact) mass is 310 g/mol. The second kappa shape index (κ2) is 6.78. The Morgan fingerprint density at radius 3 is 2.48 bits per heavy atom. The van der Waals surface area contributed by atoms with Gasteiger partial charge in [-0.3, -0.25) is 0 Å². The number of aliphatic hydroxyl groups is 1. The van der Waals surface area contributed by atoms with Crippen molar-refractivity contribution in [3.63, 3.8) is 0 Å². The Labute approximate surface area is 127 Å². The molecule has 21 heavy (non-hydrogen) atoms. The van der Waals surface area contributed by atoms with Crippen molar-refractivity contribution in [1.29, 1.82) is 0 Å². The molecular formula is C16H16ClFO3. The minimum atomic E-state index is -1.03. The van der Waals surface area contributed by atoms with Crippen LogP contribution in [-0.4, -0.2) is 19.3 Å². The fourth-order valence-electron chi connectivity index (χ4n) is 2.16. The number of rotatable bonds is 5. The van der Waals surface area contributed by atoms with Crippen LogP contribution >= 0.6 is 11.6 Å². The molecule has 0 bridgehead atoms. The summed E-state index contributed by atoms with van der Waals surface area (Å²) in [6.45, 7) is 0. The lowest BCUT2D eigenvalue weighted by atomic mass is 10.0. The number of aliphatic hydroxyl groups excluding tert-OH is 1. The van der Waals surface area contributed by atoms with Crippen LogP contribution < -0.4 is 9.47 Å². The van der Waals surface area contributed by atoms with Gasteiger partial charge in [0, 0.05) is 17.0 Å². The van der Waals surface area contributed by atoms with E-state index in [0.29, 0.717) is 11.5 Å². The van der Waals surface area contributed by atoms with Gasteiger partial charge in [0.2, 0.25) is 0 Å². The zero-order chi connectivity index (χ0) is 15.4. The van der Waals surface area contributed by atoms with Gasteiger partial charge in [-0.05, 0) is 29.8 Å². The molecule has 0 fully saturated rings. The zero-order valence-corrected chi connectivity index (χ0v) is 12.5. The van der Waals surface area contributed by atoms with Crippen molar-refractivity contribution in [2.24, 2.45) is 0 Å². The van der Waals surface area contributed by atoms with Gasteiger partial charge in [-0.2, -0.15) is 0 Å². The third-order valence-electron chi connectivity index (χ3n) is 3.21. The van der Waals surface area contributed by atoms with Crippen molar-refractivity contribution >= 4 is 11.6 Å². The number of hydrogen-bond acceptors (Lipinski definition) is 3. The highest BCUT2D eigenvalue weighted by atomic mass is 35.5. The average molecular weight is 311 g/mol. The van der Waals surface area contributed by atoms with Crippen LogP contribution in [0, 0.1) is 5.82 Å². The molecule has 0 aliphatic carbocycles. The average Bonchev–Trinajstić information content (AvgIpc) is 2.46. The number of halogens is 2. The van der Waals surface area contributed by atoms with E-state index in [1.807, 2.05) is 0 Å². The Bertz CT molecular complexity index is 611. The van der Waals surface area contributed by atoms with Crippen LogP contribution in [0.3, 0.4) is 0 Å². The van der Waals surface area contributed by atoms with Crippen LogP contribution in [0.15, 0.2) is 36.4 Å². The summed E-state index contributed by atoms with van der Waals surface area (Å²) in [5.74, 6) is 0.636. The molecule has 0 spiro atoms. The maximum Gasteiger partial charge on any atom is 0.160 e. The predicted molar refractivity (Wildman–Crippen MR) is 79.6 cm³/mol. The van der Waals surface area contributed by atoms with Gasteiger partial charge >= 0.3 is 0 Å². The second-order valence-electron chi connectivity index (χ2n) is 4.54. The summed E-state index contributed by atoms with van der Waals surface area (Å²) >= 11 is 5.95. The summed E-state index contributed by atoms with van der Waals surface area (Å²) in [5.41, 5.74) is 0.897. The molecule has 0 heterocycles. The van der Waals surface area contributed by atoms with Gasteiger partial charge < -0.3 is 14.6 Å². The van der Waals surface area contributed by atoms with Crippen molar-refractivity contribution in [3.8, 4) is 11.5 Å². The summed E-state index contributed by atoms with van der Waals surface area (Å²) < 4.78 is 24.1. The normalized spacial score (nSPS) is 12.0. The van der Waals surface area contributed by atoms with Crippen LogP contribution in [0.5, 0.6) is 11.5 Å². The first-order valence-electron chi connectivity index (χ1n) is 6.39. The summed E-state index contributed by atoms with van der Waals surface area (Å²) in [6, 6.07) is 9.61. The highest BCUT2D eigenvalue weighted by molar-refractivity contribution is 6.31. The molecule has 0 radical (unpaired) electrons. The fourth-order valence-corrected chi connectivity index (χ4v) is 2.45. The lowest BCUT2D eigenvalue weighted by Crippen LogP contribution is -2.05. The van der Waals surface area contributed by atoms with Crippen LogP contribution in [0.25, 0.3) is 0 Å². The Morgan fingerprint density at radius 2 is 1.86 bits per heavy atom. The number of ether oxygens (including phenoxy) is 2. The molecule has 0 saturated carbocycles. The van der Waals surface area contributed by atoms with Gasteiger partial charge in [-0.25, -0.2) is 4.39 Å². The summed E-state index contributed by atoms with van der Waals surface area (Å²) in [4.78, 5) is 0. The van der Waals surface area contributed by atoms with Crippen LogP contribution in [0.2, 0.25) is 5.02 Å². The van der Waals surface area contributed by atoms with E-state index in [-0.39, 0.29) is 17.0 Å². The topological polar surface area (TPSA) is 38.7 Å². The second-order valence-corrected chi connectivity index (χ2v) is 4.95. The van der Waals surface area contributed by atoms with Gasteiger partial charge in [0.05, 0.1) is 20.3 Å². The fraction of sp³-hybridized carbons (Fsp3) is 0.250. The lowest BCUT2D eigenvalue weighted by molar-refractivity contribution is 0.173. The number of benzene rings is 2. The molecule has 2 rings (SSSR count). The highest BCUT2D eigenvalue weighted by Crippen LogP contribution is 2.32. The van der Waals surface area contributed by atoms with E-state index < -0.39 is 11.9 Å². The Morgan fingerprint density at radius 1 is 1.14 bits per heavy atom. The van der Waals surface area contributed by atoms with Crippen molar-refractivity contribution in [2.75, 3.05) is 14.2 Å². The van der Waals surface area contributed by atoms with E-state index in [2.05, 4.69) is 0 Å². The van der Waals surface area contributed by atoms with E-state index in [9.17, 15) is 9.50 Å². The summed E-state index contributed by atoms with van der Waals surface area (Å²) in [6.07, 6.45) is -0.808.